The molecular weight excluding hydrogens is 229 g/mol. The first-order valence-corrected chi connectivity index (χ1v) is 6.38. The lowest BCUT2D eigenvalue weighted by atomic mass is 9.99. The highest BCUT2D eigenvalue weighted by molar-refractivity contribution is 5.50. The van der Waals surface area contributed by atoms with Crippen molar-refractivity contribution in [2.75, 3.05) is 31.6 Å². The Morgan fingerprint density at radius 2 is 2.00 bits per heavy atom. The zero-order valence-corrected chi connectivity index (χ0v) is 11.4. The Bertz CT molecular complexity index is 431. The fraction of sp³-hybridized carbons (Fsp3) is 0.571. The first-order valence-electron chi connectivity index (χ1n) is 6.38. The number of nitrogens with zero attached hydrogens (tertiary/aromatic N) is 2. The van der Waals surface area contributed by atoms with E-state index in [1.54, 1.807) is 6.07 Å². The van der Waals surface area contributed by atoms with Crippen molar-refractivity contribution in [3.05, 3.63) is 29.6 Å². The van der Waals surface area contributed by atoms with Gasteiger partial charge in [0.25, 0.3) is 0 Å². The van der Waals surface area contributed by atoms with Gasteiger partial charge >= 0.3 is 0 Å². The maximum absolute atomic E-state index is 13.5. The van der Waals surface area contributed by atoms with E-state index in [0.29, 0.717) is 6.54 Å². The van der Waals surface area contributed by atoms with Crippen LogP contribution in [0.25, 0.3) is 0 Å². The molecule has 0 saturated carbocycles. The molecule has 0 aliphatic carbocycles. The molecule has 1 heterocycles. The van der Waals surface area contributed by atoms with Gasteiger partial charge in [-0.05, 0) is 44.7 Å². The second kappa shape index (κ2) is 4.86. The molecule has 2 N–H and O–H groups in total. The van der Waals surface area contributed by atoms with Gasteiger partial charge < -0.3 is 10.6 Å². The Kier molecular flexibility index (Phi) is 3.59. The molecule has 1 aromatic carbocycles. The van der Waals surface area contributed by atoms with Crippen LogP contribution in [0, 0.1) is 5.82 Å². The fourth-order valence-corrected chi connectivity index (χ4v) is 2.39. The van der Waals surface area contributed by atoms with Gasteiger partial charge in [-0.2, -0.15) is 0 Å². The van der Waals surface area contributed by atoms with Gasteiger partial charge in [0.15, 0.2) is 0 Å². The van der Waals surface area contributed by atoms with Crippen LogP contribution in [0.15, 0.2) is 18.2 Å². The van der Waals surface area contributed by atoms with E-state index in [1.807, 2.05) is 6.07 Å². The quantitative estimate of drug-likeness (QED) is 0.870. The van der Waals surface area contributed by atoms with Crippen LogP contribution in [0.1, 0.15) is 19.4 Å². The normalized spacial score (nSPS) is 20.2. The molecule has 2 rings (SSSR count). The summed E-state index contributed by atoms with van der Waals surface area (Å²) in [5, 5.41) is 0. The van der Waals surface area contributed by atoms with Crippen molar-refractivity contribution in [3.63, 3.8) is 0 Å². The second-order valence-electron chi connectivity index (χ2n) is 5.68. The van der Waals surface area contributed by atoms with Crippen molar-refractivity contribution in [2.24, 2.45) is 5.73 Å². The van der Waals surface area contributed by atoms with Crippen LogP contribution in [0.3, 0.4) is 0 Å². The average molecular weight is 251 g/mol. The average Bonchev–Trinajstić information content (AvgIpc) is 2.31. The molecular formula is C14H22FN3. The van der Waals surface area contributed by atoms with Gasteiger partial charge in [0.05, 0.1) is 0 Å². The van der Waals surface area contributed by atoms with Crippen LogP contribution in [0.4, 0.5) is 10.1 Å². The summed E-state index contributed by atoms with van der Waals surface area (Å²) in [6.45, 7) is 7.61. The van der Waals surface area contributed by atoms with Crippen molar-refractivity contribution < 1.29 is 4.39 Å². The molecule has 0 spiro atoms. The Balaban J connectivity index is 2.24. The topological polar surface area (TPSA) is 32.5 Å². The van der Waals surface area contributed by atoms with Crippen molar-refractivity contribution in [2.45, 2.75) is 25.9 Å². The summed E-state index contributed by atoms with van der Waals surface area (Å²) in [5.41, 5.74) is 7.49. The van der Waals surface area contributed by atoms with Crippen molar-refractivity contribution >= 4 is 5.69 Å². The largest absolute Gasteiger partial charge is 0.368 e. The summed E-state index contributed by atoms with van der Waals surface area (Å²) in [6, 6.07) is 5.09. The highest BCUT2D eigenvalue weighted by Crippen LogP contribution is 2.25. The van der Waals surface area contributed by atoms with Gasteiger partial charge in [0.2, 0.25) is 0 Å². The summed E-state index contributed by atoms with van der Waals surface area (Å²) in [7, 11) is 2.13. The van der Waals surface area contributed by atoms with E-state index in [2.05, 4.69) is 30.7 Å². The number of piperazine rings is 1. The van der Waals surface area contributed by atoms with Crippen molar-refractivity contribution in [1.29, 1.82) is 0 Å². The van der Waals surface area contributed by atoms with Crippen LogP contribution in [-0.4, -0.2) is 37.1 Å². The van der Waals surface area contributed by atoms with Gasteiger partial charge in [-0.3, -0.25) is 4.90 Å². The number of nitrogens with two attached hydrogens (primary N) is 1. The summed E-state index contributed by atoms with van der Waals surface area (Å²) >= 11 is 0. The summed E-state index contributed by atoms with van der Waals surface area (Å²) in [6.07, 6.45) is 0. The molecule has 100 valence electrons. The third-order valence-corrected chi connectivity index (χ3v) is 3.86. The van der Waals surface area contributed by atoms with E-state index >= 15 is 0 Å². The second-order valence-corrected chi connectivity index (χ2v) is 5.68. The van der Waals surface area contributed by atoms with Crippen molar-refractivity contribution in [3.8, 4) is 0 Å². The fourth-order valence-electron chi connectivity index (χ4n) is 2.39. The highest BCUT2D eigenvalue weighted by Gasteiger charge is 2.31. The number of hydrogen-bond donors (Lipinski definition) is 1. The minimum Gasteiger partial charge on any atom is -0.368 e. The van der Waals surface area contributed by atoms with Crippen LogP contribution < -0.4 is 10.6 Å². The van der Waals surface area contributed by atoms with Gasteiger partial charge in [-0.1, -0.05) is 0 Å². The predicted octanol–water partition coefficient (Wildman–Crippen LogP) is 1.81. The molecule has 1 aromatic rings. The van der Waals surface area contributed by atoms with Gasteiger partial charge in [0.1, 0.15) is 5.82 Å². The minimum atomic E-state index is -0.204. The SMILES string of the molecule is CN1CCN(c2cc(F)cc(CN)c2)CC1(C)C. The Labute approximate surface area is 108 Å². The third-order valence-electron chi connectivity index (χ3n) is 3.86. The zero-order chi connectivity index (χ0) is 13.3. The van der Waals surface area contributed by atoms with Crippen LogP contribution in [-0.2, 0) is 6.54 Å². The Morgan fingerprint density at radius 1 is 1.28 bits per heavy atom. The summed E-state index contributed by atoms with van der Waals surface area (Å²) < 4.78 is 13.5. The number of likely N-dealkylation sites (N-methyl/N-ethyl adjacent to an activating group) is 1. The molecule has 0 aromatic heterocycles. The molecule has 0 radical (unpaired) electrons. The minimum absolute atomic E-state index is 0.105. The molecule has 1 aliphatic heterocycles. The first kappa shape index (κ1) is 13.3. The van der Waals surface area contributed by atoms with Gasteiger partial charge in [-0.25, -0.2) is 4.39 Å². The molecule has 0 atom stereocenters. The lowest BCUT2D eigenvalue weighted by Crippen LogP contribution is -2.57. The molecule has 1 fully saturated rings. The number of halogens is 1. The molecule has 0 amide bonds. The third kappa shape index (κ3) is 2.65. The molecule has 4 heteroatoms. The van der Waals surface area contributed by atoms with Gasteiger partial charge in [0, 0.05) is 37.4 Å². The maximum Gasteiger partial charge on any atom is 0.125 e. The van der Waals surface area contributed by atoms with E-state index in [4.69, 9.17) is 5.73 Å². The van der Waals surface area contributed by atoms with Gasteiger partial charge in [-0.15, -0.1) is 0 Å². The van der Waals surface area contributed by atoms with E-state index < -0.39 is 0 Å². The number of hydrogen-bond acceptors (Lipinski definition) is 3. The summed E-state index contributed by atoms with van der Waals surface area (Å²) in [5.74, 6) is -0.204. The standard InChI is InChI=1S/C14H22FN3/c1-14(2)10-18(5-4-17(14)3)13-7-11(9-16)6-12(15)8-13/h6-8H,4-5,9-10,16H2,1-3H3. The number of anilines is 1. The van der Waals surface area contributed by atoms with Crippen LogP contribution in [0.2, 0.25) is 0 Å². The predicted molar refractivity (Wildman–Crippen MR) is 73.2 cm³/mol. The number of rotatable bonds is 2. The Hall–Kier alpha value is -1.13. The lowest BCUT2D eigenvalue weighted by molar-refractivity contribution is 0.139. The highest BCUT2D eigenvalue weighted by atomic mass is 19.1. The first-order chi connectivity index (χ1) is 8.42. The molecule has 1 aliphatic rings. The molecule has 3 nitrogen and oxygen atoms in total. The summed E-state index contributed by atoms with van der Waals surface area (Å²) in [4.78, 5) is 4.58. The monoisotopic (exact) mass is 251 g/mol. The smallest absolute Gasteiger partial charge is 0.125 e. The Morgan fingerprint density at radius 3 is 2.61 bits per heavy atom. The van der Waals surface area contributed by atoms with E-state index in [-0.39, 0.29) is 11.4 Å². The van der Waals surface area contributed by atoms with E-state index in [1.165, 1.54) is 6.07 Å². The molecule has 0 bridgehead atoms. The lowest BCUT2D eigenvalue weighted by Gasteiger charge is -2.46. The molecule has 0 unspecified atom stereocenters. The zero-order valence-electron chi connectivity index (χ0n) is 11.4. The van der Waals surface area contributed by atoms with E-state index in [9.17, 15) is 4.39 Å². The van der Waals surface area contributed by atoms with Crippen LogP contribution in [0.5, 0.6) is 0 Å². The van der Waals surface area contributed by atoms with E-state index in [0.717, 1.165) is 30.9 Å². The molecule has 1 saturated heterocycles. The van der Waals surface area contributed by atoms with Crippen molar-refractivity contribution in [1.82, 2.24) is 4.90 Å². The van der Waals surface area contributed by atoms with Crippen LogP contribution >= 0.6 is 0 Å². The number of benzene rings is 1. The molecule has 18 heavy (non-hydrogen) atoms. The maximum atomic E-state index is 13.5.